The van der Waals surface area contributed by atoms with Gasteiger partial charge in [-0.2, -0.15) is 0 Å². The van der Waals surface area contributed by atoms with Gasteiger partial charge in [0.1, 0.15) is 6.04 Å². The molecule has 2 rings (SSSR count). The number of nitrogens with one attached hydrogen (secondary N) is 1. The van der Waals surface area contributed by atoms with E-state index in [0.29, 0.717) is 35.1 Å². The summed E-state index contributed by atoms with van der Waals surface area (Å²) in [6.07, 6.45) is 2.05. The van der Waals surface area contributed by atoms with Crippen molar-refractivity contribution in [3.63, 3.8) is 0 Å². The highest BCUT2D eigenvalue weighted by atomic mass is 35.5. The average molecular weight is 429 g/mol. The van der Waals surface area contributed by atoms with Crippen LogP contribution >= 0.6 is 23.2 Å². The number of halogens is 2. The molecule has 8 heteroatoms. The Bertz CT molecular complexity index is 869. The molecular formula is C19H22Cl2N2O3S. The molecule has 0 spiro atoms. The van der Waals surface area contributed by atoms with E-state index in [9.17, 15) is 13.2 Å². The van der Waals surface area contributed by atoms with E-state index in [2.05, 4.69) is 5.32 Å². The van der Waals surface area contributed by atoms with Crippen molar-refractivity contribution in [1.82, 2.24) is 5.32 Å². The molecule has 2 aromatic rings. The Morgan fingerprint density at radius 3 is 2.04 bits per heavy atom. The Kier molecular flexibility index (Phi) is 7.53. The predicted molar refractivity (Wildman–Crippen MR) is 111 cm³/mol. The molecule has 0 aromatic heterocycles. The van der Waals surface area contributed by atoms with Crippen molar-refractivity contribution >= 4 is 44.8 Å². The highest BCUT2D eigenvalue weighted by Crippen LogP contribution is 2.24. The predicted octanol–water partition coefficient (Wildman–Crippen LogP) is 3.90. The first-order valence-corrected chi connectivity index (χ1v) is 11.1. The molecular weight excluding hydrogens is 407 g/mol. The molecule has 1 N–H and O–H groups in total. The van der Waals surface area contributed by atoms with Crippen molar-refractivity contribution < 1.29 is 13.2 Å². The number of rotatable bonds is 8. The fraction of sp³-hybridized carbons (Fsp3) is 0.316. The number of benzene rings is 2. The second-order valence-electron chi connectivity index (χ2n) is 6.13. The summed E-state index contributed by atoms with van der Waals surface area (Å²) in [7, 11) is -3.65. The topological polar surface area (TPSA) is 66.5 Å². The highest BCUT2D eigenvalue weighted by Gasteiger charge is 2.31. The highest BCUT2D eigenvalue weighted by molar-refractivity contribution is 7.92. The van der Waals surface area contributed by atoms with Crippen LogP contribution in [0.2, 0.25) is 10.0 Å². The first-order valence-electron chi connectivity index (χ1n) is 8.49. The number of carbonyl (C=O) groups is 1. The fourth-order valence-corrected chi connectivity index (χ4v) is 4.21. The molecule has 1 amide bonds. The van der Waals surface area contributed by atoms with Crippen molar-refractivity contribution in [2.45, 2.75) is 25.8 Å². The van der Waals surface area contributed by atoms with Crippen molar-refractivity contribution in [1.29, 1.82) is 0 Å². The number of nitrogens with zero attached hydrogens (tertiary/aromatic N) is 1. The first-order chi connectivity index (χ1) is 12.7. The van der Waals surface area contributed by atoms with Crippen molar-refractivity contribution in [3.8, 4) is 0 Å². The smallest absolute Gasteiger partial charge is 0.243 e. The fourth-order valence-electron chi connectivity index (χ4n) is 2.75. The molecule has 0 heterocycles. The van der Waals surface area contributed by atoms with Crippen LogP contribution in [0.1, 0.15) is 18.9 Å². The maximum absolute atomic E-state index is 12.7. The lowest BCUT2D eigenvalue weighted by Gasteiger charge is -2.30. The Hall–Kier alpha value is -1.76. The van der Waals surface area contributed by atoms with Gasteiger partial charge in [-0.15, -0.1) is 0 Å². The van der Waals surface area contributed by atoms with Crippen molar-refractivity contribution in [3.05, 3.63) is 64.1 Å². The Morgan fingerprint density at radius 2 is 1.56 bits per heavy atom. The molecule has 0 radical (unpaired) electrons. The monoisotopic (exact) mass is 428 g/mol. The molecule has 0 fully saturated rings. The van der Waals surface area contributed by atoms with Crippen molar-refractivity contribution in [2.75, 3.05) is 17.1 Å². The lowest BCUT2D eigenvalue weighted by Crippen LogP contribution is -2.49. The van der Waals surface area contributed by atoms with Gasteiger partial charge in [-0.1, -0.05) is 42.3 Å². The zero-order valence-corrected chi connectivity index (χ0v) is 17.5. The minimum Gasteiger partial charge on any atom is -0.354 e. The zero-order valence-electron chi connectivity index (χ0n) is 15.2. The normalized spacial score (nSPS) is 12.4. The third-order valence-electron chi connectivity index (χ3n) is 4.04. The molecule has 0 aliphatic carbocycles. The van der Waals surface area contributed by atoms with Gasteiger partial charge in [0.2, 0.25) is 15.9 Å². The summed E-state index contributed by atoms with van der Waals surface area (Å²) in [6, 6.07) is 12.9. The maximum atomic E-state index is 12.7. The number of hydrogen-bond acceptors (Lipinski definition) is 3. The quantitative estimate of drug-likeness (QED) is 0.692. The van der Waals surface area contributed by atoms with Gasteiger partial charge >= 0.3 is 0 Å². The average Bonchev–Trinajstić information content (AvgIpc) is 2.61. The maximum Gasteiger partial charge on any atom is 0.243 e. The number of carbonyl (C=O) groups excluding carboxylic acids is 1. The van der Waals surface area contributed by atoms with Crippen LogP contribution in [0.4, 0.5) is 5.69 Å². The van der Waals surface area contributed by atoms with E-state index >= 15 is 0 Å². The van der Waals surface area contributed by atoms with Gasteiger partial charge in [-0.3, -0.25) is 9.10 Å². The van der Waals surface area contributed by atoms with Gasteiger partial charge in [0.25, 0.3) is 0 Å². The SMILES string of the molecule is CC[C@H](C(=O)NCCc1ccc(Cl)cc1)N(c1ccc(Cl)cc1)S(C)(=O)=O. The largest absolute Gasteiger partial charge is 0.354 e. The van der Waals surface area contributed by atoms with Crippen molar-refractivity contribution in [2.24, 2.45) is 0 Å². The minimum atomic E-state index is -3.65. The Labute approximate surface area is 170 Å². The first kappa shape index (κ1) is 21.5. The third kappa shape index (κ3) is 6.13. The summed E-state index contributed by atoms with van der Waals surface area (Å²) in [4.78, 5) is 12.7. The lowest BCUT2D eigenvalue weighted by atomic mass is 10.1. The van der Waals surface area contributed by atoms with Gasteiger partial charge in [0, 0.05) is 16.6 Å². The van der Waals surface area contributed by atoms with Crippen LogP contribution in [-0.2, 0) is 21.2 Å². The zero-order chi connectivity index (χ0) is 20.0. The van der Waals surface area contributed by atoms with Crippen LogP contribution in [0.3, 0.4) is 0 Å². The van der Waals surface area contributed by atoms with Crippen LogP contribution in [-0.4, -0.2) is 33.2 Å². The van der Waals surface area contributed by atoms with E-state index in [-0.39, 0.29) is 5.91 Å². The van der Waals surface area contributed by atoms with Crippen LogP contribution < -0.4 is 9.62 Å². The van der Waals surface area contributed by atoms with Gasteiger partial charge in [0.15, 0.2) is 0 Å². The molecule has 146 valence electrons. The standard InChI is InChI=1S/C19H22Cl2N2O3S/c1-3-18(19(24)22-13-12-14-4-6-15(20)7-5-14)23(27(2,25)26)17-10-8-16(21)9-11-17/h4-11,18H,3,12-13H2,1-2H3,(H,22,24)/t18-/m1/s1. The van der Waals surface area contributed by atoms with Crippen LogP contribution in [0.15, 0.2) is 48.5 Å². The molecule has 0 aliphatic rings. The van der Waals surface area contributed by atoms with Gasteiger partial charge < -0.3 is 5.32 Å². The van der Waals surface area contributed by atoms with E-state index in [1.54, 1.807) is 43.3 Å². The molecule has 0 saturated carbocycles. The number of hydrogen-bond donors (Lipinski definition) is 1. The lowest BCUT2D eigenvalue weighted by molar-refractivity contribution is -0.122. The van der Waals surface area contributed by atoms with Gasteiger partial charge in [-0.05, 0) is 54.8 Å². The molecule has 1 atom stereocenters. The molecule has 2 aromatic carbocycles. The molecule has 0 saturated heterocycles. The second kappa shape index (κ2) is 9.44. The second-order valence-corrected chi connectivity index (χ2v) is 8.86. The summed E-state index contributed by atoms with van der Waals surface area (Å²) >= 11 is 11.7. The van der Waals surface area contributed by atoms with E-state index in [0.717, 1.165) is 16.1 Å². The molecule has 0 unspecified atom stereocenters. The summed E-state index contributed by atoms with van der Waals surface area (Å²) in [5, 5.41) is 3.97. The van der Waals surface area contributed by atoms with E-state index in [1.807, 2.05) is 12.1 Å². The summed E-state index contributed by atoms with van der Waals surface area (Å²) in [5.41, 5.74) is 1.44. The van der Waals surface area contributed by atoms with Crippen LogP contribution in [0.5, 0.6) is 0 Å². The van der Waals surface area contributed by atoms with E-state index < -0.39 is 16.1 Å². The Morgan fingerprint density at radius 1 is 1.04 bits per heavy atom. The number of anilines is 1. The van der Waals surface area contributed by atoms with Gasteiger partial charge in [-0.25, -0.2) is 8.42 Å². The van der Waals surface area contributed by atoms with Crippen LogP contribution in [0.25, 0.3) is 0 Å². The van der Waals surface area contributed by atoms with Crippen LogP contribution in [0, 0.1) is 0 Å². The number of sulfonamides is 1. The van der Waals surface area contributed by atoms with Gasteiger partial charge in [0.05, 0.1) is 11.9 Å². The third-order valence-corrected chi connectivity index (χ3v) is 5.72. The minimum absolute atomic E-state index is 0.336. The number of amides is 1. The summed E-state index contributed by atoms with van der Waals surface area (Å²) < 4.78 is 25.8. The molecule has 27 heavy (non-hydrogen) atoms. The summed E-state index contributed by atoms with van der Waals surface area (Å²) in [6.45, 7) is 2.17. The van der Waals surface area contributed by atoms with E-state index in [4.69, 9.17) is 23.2 Å². The molecule has 0 aliphatic heterocycles. The molecule has 5 nitrogen and oxygen atoms in total. The Balaban J connectivity index is 2.11. The molecule has 0 bridgehead atoms. The van der Waals surface area contributed by atoms with E-state index in [1.165, 1.54) is 0 Å². The summed E-state index contributed by atoms with van der Waals surface area (Å²) in [5.74, 6) is -0.341.